The van der Waals surface area contributed by atoms with E-state index in [9.17, 15) is 14.3 Å². The zero-order valence-electron chi connectivity index (χ0n) is 11.8. The Bertz CT molecular complexity index is 575. The van der Waals surface area contributed by atoms with Crippen molar-refractivity contribution in [3.05, 3.63) is 29.6 Å². The summed E-state index contributed by atoms with van der Waals surface area (Å²) in [5, 5.41) is 19.0. The van der Waals surface area contributed by atoms with Crippen LogP contribution in [0.3, 0.4) is 0 Å². The predicted molar refractivity (Wildman–Crippen MR) is 74.1 cm³/mol. The number of hydrogen-bond donors (Lipinski definition) is 1. The molecule has 0 amide bonds. The fourth-order valence-corrected chi connectivity index (χ4v) is 2.42. The molecule has 1 aromatic carbocycles. The normalized spacial score (nSPS) is 17.1. The van der Waals surface area contributed by atoms with Crippen molar-refractivity contribution in [1.29, 1.82) is 5.26 Å². The van der Waals surface area contributed by atoms with Gasteiger partial charge in [-0.25, -0.2) is 9.18 Å². The Balaban J connectivity index is 2.08. The summed E-state index contributed by atoms with van der Waals surface area (Å²) < 4.78 is 18.8. The fourth-order valence-electron chi connectivity index (χ4n) is 2.42. The van der Waals surface area contributed by atoms with E-state index < -0.39 is 17.4 Å². The lowest BCUT2D eigenvalue weighted by molar-refractivity contribution is -0.167. The molecule has 0 aromatic heterocycles. The minimum absolute atomic E-state index is 0.186. The fraction of sp³-hybridized carbons (Fsp3) is 0.467. The summed E-state index contributed by atoms with van der Waals surface area (Å²) in [5.41, 5.74) is -0.855. The van der Waals surface area contributed by atoms with Crippen LogP contribution in [0.2, 0.25) is 0 Å². The lowest BCUT2D eigenvalue weighted by Crippen LogP contribution is -2.50. The standard InChI is InChI=1S/C15H17FN2O3/c1-2-21-14(19)15(20)5-7-18(8-6-15)13-4-3-11(10-17)9-12(13)16/h3-4,9,20H,2,5-8H2,1H3. The molecule has 1 N–H and O–H groups in total. The number of carbonyl (C=O) groups is 1. The molecule has 1 fully saturated rings. The third kappa shape index (κ3) is 3.14. The number of halogens is 1. The molecule has 0 bridgehead atoms. The van der Waals surface area contributed by atoms with E-state index in [0.29, 0.717) is 18.8 Å². The van der Waals surface area contributed by atoms with Crippen molar-refractivity contribution in [3.8, 4) is 6.07 Å². The largest absolute Gasteiger partial charge is 0.464 e. The number of benzene rings is 1. The molecule has 112 valence electrons. The van der Waals surface area contributed by atoms with E-state index in [2.05, 4.69) is 0 Å². The number of nitrogens with zero attached hydrogens (tertiary/aromatic N) is 2. The first-order chi connectivity index (χ1) is 10.00. The lowest BCUT2D eigenvalue weighted by atomic mass is 9.91. The summed E-state index contributed by atoms with van der Waals surface area (Å²) in [6, 6.07) is 6.15. The third-order valence-electron chi connectivity index (χ3n) is 3.66. The van der Waals surface area contributed by atoms with Gasteiger partial charge in [0.2, 0.25) is 0 Å². The van der Waals surface area contributed by atoms with Gasteiger partial charge >= 0.3 is 5.97 Å². The van der Waals surface area contributed by atoms with Gasteiger partial charge in [0.25, 0.3) is 0 Å². The molecular formula is C15H17FN2O3. The highest BCUT2D eigenvalue weighted by Crippen LogP contribution is 2.29. The van der Waals surface area contributed by atoms with Crippen LogP contribution in [0.4, 0.5) is 10.1 Å². The Labute approximate surface area is 122 Å². The molecule has 0 radical (unpaired) electrons. The Morgan fingerprint density at radius 1 is 1.52 bits per heavy atom. The minimum atomic E-state index is -1.49. The van der Waals surface area contributed by atoms with Gasteiger partial charge in [-0.2, -0.15) is 5.26 Å². The van der Waals surface area contributed by atoms with E-state index in [4.69, 9.17) is 10.00 Å². The lowest BCUT2D eigenvalue weighted by Gasteiger charge is -2.37. The molecule has 6 heteroatoms. The van der Waals surface area contributed by atoms with Crippen molar-refractivity contribution in [2.24, 2.45) is 0 Å². The molecule has 0 spiro atoms. The number of piperidine rings is 1. The van der Waals surface area contributed by atoms with E-state index in [1.165, 1.54) is 6.07 Å². The maximum atomic E-state index is 13.9. The molecule has 1 aliphatic heterocycles. The van der Waals surface area contributed by atoms with Crippen LogP contribution in [0.1, 0.15) is 25.3 Å². The first kappa shape index (κ1) is 15.3. The van der Waals surface area contributed by atoms with E-state index in [-0.39, 0.29) is 25.0 Å². The molecule has 0 aliphatic carbocycles. The van der Waals surface area contributed by atoms with Gasteiger partial charge in [0.05, 0.1) is 23.9 Å². The number of aliphatic hydroxyl groups is 1. The second kappa shape index (κ2) is 6.10. The van der Waals surface area contributed by atoms with Crippen LogP contribution in [0.5, 0.6) is 0 Å². The first-order valence-corrected chi connectivity index (χ1v) is 6.84. The maximum absolute atomic E-state index is 13.9. The van der Waals surface area contributed by atoms with Crippen molar-refractivity contribution >= 4 is 11.7 Å². The van der Waals surface area contributed by atoms with Crippen LogP contribution < -0.4 is 4.90 Å². The first-order valence-electron chi connectivity index (χ1n) is 6.84. The summed E-state index contributed by atoms with van der Waals surface area (Å²) in [5.74, 6) is -1.10. The summed E-state index contributed by atoms with van der Waals surface area (Å²) in [6.45, 7) is 2.59. The van der Waals surface area contributed by atoms with Gasteiger partial charge in [0.15, 0.2) is 5.60 Å². The molecule has 0 atom stereocenters. The molecule has 1 saturated heterocycles. The number of nitriles is 1. The van der Waals surface area contributed by atoms with Crippen LogP contribution in [0.15, 0.2) is 18.2 Å². The molecule has 5 nitrogen and oxygen atoms in total. The van der Waals surface area contributed by atoms with Crippen molar-refractivity contribution in [1.82, 2.24) is 0 Å². The molecular weight excluding hydrogens is 275 g/mol. The summed E-state index contributed by atoms with van der Waals surface area (Å²) in [6.07, 6.45) is 0.372. The SMILES string of the molecule is CCOC(=O)C1(O)CCN(c2ccc(C#N)cc2F)CC1. The number of esters is 1. The molecule has 1 aliphatic rings. The number of carbonyl (C=O) groups excluding carboxylic acids is 1. The molecule has 21 heavy (non-hydrogen) atoms. The van der Waals surface area contributed by atoms with Gasteiger partial charge in [-0.3, -0.25) is 0 Å². The Morgan fingerprint density at radius 3 is 2.71 bits per heavy atom. The van der Waals surface area contributed by atoms with Crippen LogP contribution in [0, 0.1) is 17.1 Å². The zero-order chi connectivity index (χ0) is 15.5. The molecule has 0 saturated carbocycles. The van der Waals surface area contributed by atoms with E-state index in [1.54, 1.807) is 24.0 Å². The quantitative estimate of drug-likeness (QED) is 0.856. The molecule has 2 rings (SSSR count). The van der Waals surface area contributed by atoms with E-state index in [1.807, 2.05) is 6.07 Å². The second-order valence-corrected chi connectivity index (χ2v) is 5.02. The maximum Gasteiger partial charge on any atom is 0.338 e. The van der Waals surface area contributed by atoms with Gasteiger partial charge < -0.3 is 14.7 Å². The molecule has 1 aromatic rings. The highest BCUT2D eigenvalue weighted by atomic mass is 19.1. The van der Waals surface area contributed by atoms with Crippen molar-refractivity contribution in [3.63, 3.8) is 0 Å². The van der Waals surface area contributed by atoms with Gasteiger partial charge in [-0.05, 0) is 25.1 Å². The Morgan fingerprint density at radius 2 is 2.19 bits per heavy atom. The smallest absolute Gasteiger partial charge is 0.338 e. The van der Waals surface area contributed by atoms with E-state index in [0.717, 1.165) is 0 Å². The number of rotatable bonds is 3. The third-order valence-corrected chi connectivity index (χ3v) is 3.66. The van der Waals surface area contributed by atoms with Gasteiger partial charge in [-0.15, -0.1) is 0 Å². The van der Waals surface area contributed by atoms with Crippen LogP contribution in [-0.2, 0) is 9.53 Å². The number of anilines is 1. The van der Waals surface area contributed by atoms with Crippen molar-refractivity contribution in [2.75, 3.05) is 24.6 Å². The zero-order valence-corrected chi connectivity index (χ0v) is 11.8. The van der Waals surface area contributed by atoms with E-state index >= 15 is 0 Å². The second-order valence-electron chi connectivity index (χ2n) is 5.02. The highest BCUT2D eigenvalue weighted by Gasteiger charge is 2.41. The monoisotopic (exact) mass is 292 g/mol. The minimum Gasteiger partial charge on any atom is -0.464 e. The summed E-state index contributed by atoms with van der Waals surface area (Å²) in [4.78, 5) is 13.5. The van der Waals surface area contributed by atoms with Crippen LogP contribution in [-0.4, -0.2) is 36.4 Å². The van der Waals surface area contributed by atoms with Gasteiger partial charge in [-0.1, -0.05) is 0 Å². The summed E-state index contributed by atoms with van der Waals surface area (Å²) >= 11 is 0. The average molecular weight is 292 g/mol. The predicted octanol–water partition coefficient (Wildman–Crippen LogP) is 1.59. The van der Waals surface area contributed by atoms with Gasteiger partial charge in [0, 0.05) is 25.9 Å². The Hall–Kier alpha value is -2.13. The number of hydrogen-bond acceptors (Lipinski definition) is 5. The van der Waals surface area contributed by atoms with Crippen LogP contribution in [0.25, 0.3) is 0 Å². The highest BCUT2D eigenvalue weighted by molar-refractivity contribution is 5.79. The molecule has 0 unspecified atom stereocenters. The topological polar surface area (TPSA) is 73.6 Å². The van der Waals surface area contributed by atoms with Crippen LogP contribution >= 0.6 is 0 Å². The Kier molecular flexibility index (Phi) is 4.43. The molecule has 1 heterocycles. The summed E-state index contributed by atoms with van der Waals surface area (Å²) in [7, 11) is 0. The average Bonchev–Trinajstić information content (AvgIpc) is 2.48. The van der Waals surface area contributed by atoms with Crippen molar-refractivity contribution in [2.45, 2.75) is 25.4 Å². The van der Waals surface area contributed by atoms with Gasteiger partial charge in [0.1, 0.15) is 5.82 Å². The number of ether oxygens (including phenoxy) is 1. The van der Waals surface area contributed by atoms with Crippen molar-refractivity contribution < 1.29 is 19.0 Å².